The molecular weight excluding hydrogens is 407 g/mol. The van der Waals surface area contributed by atoms with Crippen molar-refractivity contribution in [1.29, 1.82) is 5.26 Å². The fourth-order valence-corrected chi connectivity index (χ4v) is 4.11. The van der Waals surface area contributed by atoms with Crippen molar-refractivity contribution >= 4 is 17.3 Å². The third-order valence-electron chi connectivity index (χ3n) is 5.37. The van der Waals surface area contributed by atoms with Crippen LogP contribution in [0.15, 0.2) is 53.9 Å². The Morgan fingerprint density at radius 1 is 1.29 bits per heavy atom. The van der Waals surface area contributed by atoms with Gasteiger partial charge >= 0.3 is 0 Å². The van der Waals surface area contributed by atoms with Gasteiger partial charge in [0.2, 0.25) is 17.7 Å². The van der Waals surface area contributed by atoms with E-state index in [0.29, 0.717) is 11.3 Å². The Labute approximate surface area is 172 Å². The molecule has 1 aromatic heterocycles. The number of rotatable bonds is 2. The van der Waals surface area contributed by atoms with Gasteiger partial charge in [0.15, 0.2) is 0 Å². The van der Waals surface area contributed by atoms with Crippen LogP contribution in [0.1, 0.15) is 11.1 Å². The molecule has 0 radical (unpaired) electrons. The van der Waals surface area contributed by atoms with Gasteiger partial charge in [0.25, 0.3) is 5.69 Å². The molecule has 152 valence electrons. The molecule has 0 aliphatic carbocycles. The van der Waals surface area contributed by atoms with Crippen molar-refractivity contribution < 1.29 is 18.8 Å². The minimum atomic E-state index is -1.85. The number of hydrogen-bond donors (Lipinski definition) is 3. The Bertz CT molecular complexity index is 1390. The average molecular weight is 418 g/mol. The predicted molar refractivity (Wildman–Crippen MR) is 104 cm³/mol. The summed E-state index contributed by atoms with van der Waals surface area (Å²) in [6, 6.07) is 11.2. The van der Waals surface area contributed by atoms with Crippen molar-refractivity contribution in [2.75, 3.05) is 5.32 Å². The van der Waals surface area contributed by atoms with Gasteiger partial charge in [0.05, 0.1) is 16.2 Å². The number of aromatic nitrogens is 2. The van der Waals surface area contributed by atoms with E-state index in [-0.39, 0.29) is 39.8 Å². The Kier molecular flexibility index (Phi) is 3.63. The lowest BCUT2D eigenvalue weighted by molar-refractivity contribution is -0.384. The van der Waals surface area contributed by atoms with Gasteiger partial charge in [-0.2, -0.15) is 5.26 Å². The molecule has 1 amide bonds. The van der Waals surface area contributed by atoms with E-state index >= 15 is 0 Å². The number of non-ortho nitro benzene ring substituents is 1. The normalized spacial score (nSPS) is 18.8. The molecule has 3 aromatic rings. The van der Waals surface area contributed by atoms with E-state index in [2.05, 4.69) is 15.5 Å². The molecule has 1 spiro atoms. The highest BCUT2D eigenvalue weighted by Crippen LogP contribution is 2.55. The molecule has 0 unspecified atom stereocenters. The highest BCUT2D eigenvalue weighted by molar-refractivity contribution is 6.13. The summed E-state index contributed by atoms with van der Waals surface area (Å²) < 4.78 is 19.7. The summed E-state index contributed by atoms with van der Waals surface area (Å²) in [4.78, 5) is 24.0. The molecule has 10 nitrogen and oxygen atoms in total. The van der Waals surface area contributed by atoms with Crippen molar-refractivity contribution in [2.45, 2.75) is 5.41 Å². The van der Waals surface area contributed by atoms with E-state index in [1.807, 2.05) is 6.07 Å². The number of hydrogen-bond acceptors (Lipinski definition) is 7. The van der Waals surface area contributed by atoms with Crippen LogP contribution in [0, 0.1) is 27.3 Å². The fourth-order valence-electron chi connectivity index (χ4n) is 4.11. The van der Waals surface area contributed by atoms with Crippen LogP contribution in [-0.4, -0.2) is 21.0 Å². The minimum Gasteiger partial charge on any atom is -0.420 e. The first-order valence-electron chi connectivity index (χ1n) is 8.91. The maximum Gasteiger partial charge on any atom is 0.270 e. The third kappa shape index (κ3) is 2.29. The second-order valence-electron chi connectivity index (χ2n) is 6.93. The number of anilines is 1. The monoisotopic (exact) mass is 418 g/mol. The molecule has 31 heavy (non-hydrogen) atoms. The van der Waals surface area contributed by atoms with E-state index < -0.39 is 22.1 Å². The zero-order valence-electron chi connectivity index (χ0n) is 15.5. The van der Waals surface area contributed by atoms with Crippen LogP contribution in [0.3, 0.4) is 0 Å². The number of H-pyrrole nitrogens is 1. The number of aromatic amines is 1. The number of carbonyl (C=O) groups is 1. The first-order chi connectivity index (χ1) is 14.9. The Morgan fingerprint density at radius 3 is 2.84 bits per heavy atom. The smallest absolute Gasteiger partial charge is 0.270 e. The van der Waals surface area contributed by atoms with Gasteiger partial charge in [-0.05, 0) is 18.2 Å². The second-order valence-corrected chi connectivity index (χ2v) is 6.93. The molecule has 2 aliphatic rings. The summed E-state index contributed by atoms with van der Waals surface area (Å²) in [7, 11) is 0. The van der Waals surface area contributed by atoms with Crippen molar-refractivity contribution in [2.24, 2.45) is 5.73 Å². The molecule has 5 rings (SSSR count). The molecule has 2 aliphatic heterocycles. The number of nitro groups is 1. The predicted octanol–water partition coefficient (Wildman–Crippen LogP) is 2.45. The molecule has 0 saturated heterocycles. The first-order valence-corrected chi connectivity index (χ1v) is 8.91. The number of halogens is 1. The highest BCUT2D eigenvalue weighted by atomic mass is 19.1. The lowest BCUT2D eigenvalue weighted by Gasteiger charge is -2.31. The van der Waals surface area contributed by atoms with Crippen LogP contribution in [0.2, 0.25) is 0 Å². The molecule has 0 bridgehead atoms. The Morgan fingerprint density at radius 2 is 2.10 bits per heavy atom. The molecule has 3 heterocycles. The van der Waals surface area contributed by atoms with Crippen LogP contribution < -0.4 is 15.8 Å². The zero-order valence-corrected chi connectivity index (χ0v) is 15.5. The summed E-state index contributed by atoms with van der Waals surface area (Å²) in [5.74, 6) is -1.71. The van der Waals surface area contributed by atoms with Gasteiger partial charge in [-0.25, -0.2) is 4.39 Å². The number of ether oxygens (including phenoxy) is 1. The number of nitriles is 1. The van der Waals surface area contributed by atoms with E-state index in [9.17, 15) is 24.6 Å². The van der Waals surface area contributed by atoms with Crippen molar-refractivity contribution in [3.8, 4) is 23.2 Å². The topological polar surface area (TPSA) is 160 Å². The van der Waals surface area contributed by atoms with Crippen molar-refractivity contribution in [3.05, 3.63) is 81.0 Å². The fraction of sp³-hybridized carbons (Fsp3) is 0.0500. The number of nitrogens with zero attached hydrogens (tertiary/aromatic N) is 3. The van der Waals surface area contributed by atoms with Crippen LogP contribution in [0.5, 0.6) is 5.88 Å². The first kappa shape index (κ1) is 18.3. The number of nitrogens with two attached hydrogens (primary N) is 1. The number of carbonyl (C=O) groups excluding carboxylic acids is 1. The minimum absolute atomic E-state index is 0.0923. The van der Waals surface area contributed by atoms with E-state index in [1.165, 1.54) is 30.3 Å². The third-order valence-corrected chi connectivity index (χ3v) is 5.37. The SMILES string of the molecule is N#CC1=C(N)Oc2n[nH]c(-c3cccc([N+](=O)[O-])c3)c2[C@@]12C(=O)Nc1ccc(F)cc12. The summed E-state index contributed by atoms with van der Waals surface area (Å²) in [6.07, 6.45) is 0. The van der Waals surface area contributed by atoms with Crippen LogP contribution in [0.4, 0.5) is 15.8 Å². The molecule has 0 fully saturated rings. The molecule has 0 saturated carbocycles. The largest absolute Gasteiger partial charge is 0.420 e. The number of benzene rings is 2. The highest BCUT2D eigenvalue weighted by Gasteiger charge is 2.59. The summed E-state index contributed by atoms with van der Waals surface area (Å²) in [5.41, 5.74) is 4.76. The van der Waals surface area contributed by atoms with Gasteiger partial charge in [0, 0.05) is 28.9 Å². The standard InChI is InChI=1S/C20H11FN6O4/c21-10-4-5-14-12(7-10)20(19(28)24-14)13(8-22)17(23)31-18-15(20)16(25-26-18)9-2-1-3-11(6-9)27(29)30/h1-7H,23H2,(H,24,28)(H,25,26)/t20-/m0/s1. The Balaban J connectivity index is 1.88. The van der Waals surface area contributed by atoms with Crippen molar-refractivity contribution in [3.63, 3.8) is 0 Å². The van der Waals surface area contributed by atoms with E-state index in [0.717, 1.165) is 6.07 Å². The molecule has 2 aromatic carbocycles. The zero-order chi connectivity index (χ0) is 21.9. The number of amides is 1. The van der Waals surface area contributed by atoms with Gasteiger partial charge < -0.3 is 15.8 Å². The number of nitrogens with one attached hydrogen (secondary N) is 2. The van der Waals surface area contributed by atoms with Crippen LogP contribution in [0.25, 0.3) is 11.3 Å². The molecule has 1 atom stereocenters. The van der Waals surface area contributed by atoms with Gasteiger partial charge in [-0.3, -0.25) is 20.0 Å². The molecule has 4 N–H and O–H groups in total. The Hall–Kier alpha value is -4.72. The van der Waals surface area contributed by atoms with Gasteiger partial charge in [-0.15, -0.1) is 5.10 Å². The van der Waals surface area contributed by atoms with Crippen LogP contribution in [-0.2, 0) is 10.2 Å². The van der Waals surface area contributed by atoms with Gasteiger partial charge in [0.1, 0.15) is 22.9 Å². The maximum atomic E-state index is 14.2. The van der Waals surface area contributed by atoms with Crippen LogP contribution >= 0.6 is 0 Å². The quantitative estimate of drug-likeness (QED) is 0.425. The van der Waals surface area contributed by atoms with Crippen molar-refractivity contribution in [1.82, 2.24) is 10.2 Å². The lowest BCUT2D eigenvalue weighted by atomic mass is 9.68. The summed E-state index contributed by atoms with van der Waals surface area (Å²) in [6.45, 7) is 0. The molecule has 11 heteroatoms. The molecular formula is C20H11FN6O4. The summed E-state index contributed by atoms with van der Waals surface area (Å²) in [5, 5.41) is 30.6. The number of nitro benzene ring substituents is 1. The second kappa shape index (κ2) is 6.14. The van der Waals surface area contributed by atoms with E-state index in [1.54, 1.807) is 6.07 Å². The number of fused-ring (bicyclic) bond motifs is 4. The van der Waals surface area contributed by atoms with Gasteiger partial charge in [-0.1, -0.05) is 12.1 Å². The average Bonchev–Trinajstić information content (AvgIpc) is 3.28. The maximum absolute atomic E-state index is 14.2. The summed E-state index contributed by atoms with van der Waals surface area (Å²) >= 11 is 0. The van der Waals surface area contributed by atoms with E-state index in [4.69, 9.17) is 10.5 Å². The lowest BCUT2D eigenvalue weighted by Crippen LogP contribution is -2.42.